The van der Waals surface area contributed by atoms with Gasteiger partial charge in [-0.25, -0.2) is 10.1 Å². The van der Waals surface area contributed by atoms with Crippen molar-refractivity contribution in [3.63, 3.8) is 0 Å². The number of hydrogen-bond acceptors (Lipinski definition) is 7. The Morgan fingerprint density at radius 1 is 0.933 bits per heavy atom. The topological polar surface area (TPSA) is 222 Å². The number of carbonyl (C=O) groups is 4. The normalized spacial score (nSPS) is 15.5. The summed E-state index contributed by atoms with van der Waals surface area (Å²) in [6.45, 7) is 5.89. The molecule has 0 aliphatic heterocycles. The number of hydrogen-bond donors (Lipinski definition) is 5. The average Bonchev–Trinajstić information content (AvgIpc) is 3.51. The Morgan fingerprint density at radius 3 is 2.16 bits per heavy atom. The minimum atomic E-state index is -1.05. The molecule has 0 bridgehead atoms. The highest BCUT2D eigenvalue weighted by Crippen LogP contribution is 2.34. The molecule has 3 atom stereocenters. The third-order valence-corrected chi connectivity index (χ3v) is 8.06. The standard InChI is InChI=1S/C31H54N8O6/c1-4-34-30(43)27(40)26(21-22(2)3)37-29(42)25(18-14-20-35-31(33)38-39(44)45)36-28(41)24(23-15-11-12-16-23)17-10-8-6-5-7-9-13-19-32/h22-26H,4-18,20-21H2,1-3H3,(H,34,43)(H,36,41)(H,37,42)(H3,33,35,38)/t24?,25-,26-/m0/s1. The summed E-state index contributed by atoms with van der Waals surface area (Å²) in [5.74, 6) is -2.67. The fourth-order valence-corrected chi connectivity index (χ4v) is 5.79. The van der Waals surface area contributed by atoms with Gasteiger partial charge in [0.05, 0.1) is 12.1 Å². The number of nitrogens with zero attached hydrogens (tertiary/aromatic N) is 3. The highest BCUT2D eigenvalue weighted by molar-refractivity contribution is 6.38. The molecular formula is C31H54N8O6. The van der Waals surface area contributed by atoms with Gasteiger partial charge >= 0.3 is 0 Å². The minimum absolute atomic E-state index is 0.00728. The maximum Gasteiger partial charge on any atom is 0.289 e. The Balaban J connectivity index is 3.02. The van der Waals surface area contributed by atoms with E-state index in [2.05, 4.69) is 32.4 Å². The number of hydrazone groups is 1. The van der Waals surface area contributed by atoms with E-state index in [-0.39, 0.29) is 55.6 Å². The van der Waals surface area contributed by atoms with Crippen LogP contribution >= 0.6 is 0 Å². The predicted molar refractivity (Wildman–Crippen MR) is 171 cm³/mol. The van der Waals surface area contributed by atoms with E-state index in [9.17, 15) is 29.3 Å². The number of guanidine groups is 1. The van der Waals surface area contributed by atoms with E-state index in [1.54, 1.807) is 6.92 Å². The lowest BCUT2D eigenvalue weighted by Gasteiger charge is -2.27. The Morgan fingerprint density at radius 2 is 1.56 bits per heavy atom. The van der Waals surface area contributed by atoms with Crippen molar-refractivity contribution in [2.45, 2.75) is 129 Å². The Kier molecular flexibility index (Phi) is 19.8. The molecular weight excluding hydrogens is 580 g/mol. The van der Waals surface area contributed by atoms with Crippen molar-refractivity contribution >= 4 is 29.5 Å². The quantitative estimate of drug-likeness (QED) is 0.0278. The van der Waals surface area contributed by atoms with Gasteiger partial charge < -0.3 is 27.0 Å². The molecule has 1 fully saturated rings. The first-order valence-electron chi connectivity index (χ1n) is 16.5. The second-order valence-electron chi connectivity index (χ2n) is 12.2. The number of ketones is 1. The van der Waals surface area contributed by atoms with Gasteiger partial charge in [0, 0.05) is 25.4 Å². The number of nitrogens with one attached hydrogen (secondary N) is 4. The molecule has 0 aromatic heterocycles. The van der Waals surface area contributed by atoms with Crippen LogP contribution in [0, 0.1) is 39.2 Å². The van der Waals surface area contributed by atoms with Gasteiger partial charge in [-0.2, -0.15) is 5.26 Å². The summed E-state index contributed by atoms with van der Waals surface area (Å²) in [5.41, 5.74) is 5.50. The van der Waals surface area contributed by atoms with Crippen molar-refractivity contribution in [3.8, 4) is 6.07 Å². The van der Waals surface area contributed by atoms with Gasteiger partial charge in [-0.15, -0.1) is 0 Å². The third-order valence-electron chi connectivity index (χ3n) is 8.06. The number of Topliss-reactive ketones (excluding diaryl/α,β-unsaturated/α-hetero) is 1. The summed E-state index contributed by atoms with van der Waals surface area (Å²) in [5, 5.41) is 32.1. The smallest absolute Gasteiger partial charge is 0.289 e. The first-order valence-corrected chi connectivity index (χ1v) is 16.5. The van der Waals surface area contributed by atoms with Crippen LogP contribution < -0.4 is 27.0 Å². The highest BCUT2D eigenvalue weighted by Gasteiger charge is 2.34. The molecule has 0 saturated heterocycles. The zero-order valence-electron chi connectivity index (χ0n) is 27.3. The minimum Gasteiger partial charge on any atom is -0.365 e. The van der Waals surface area contributed by atoms with E-state index < -0.39 is 34.7 Å². The second-order valence-corrected chi connectivity index (χ2v) is 12.2. The lowest BCUT2D eigenvalue weighted by Crippen LogP contribution is -2.55. The molecule has 0 aromatic carbocycles. The average molecular weight is 635 g/mol. The van der Waals surface area contributed by atoms with Crippen molar-refractivity contribution < 1.29 is 24.2 Å². The Labute approximate surface area is 267 Å². The number of unbranched alkanes of at least 4 members (excludes halogenated alkanes) is 6. The van der Waals surface area contributed by atoms with Crippen LogP contribution in [0.2, 0.25) is 0 Å². The molecule has 3 amide bonds. The molecule has 0 heterocycles. The van der Waals surface area contributed by atoms with Gasteiger partial charge in [0.15, 0.2) is 5.03 Å². The van der Waals surface area contributed by atoms with Crippen LogP contribution in [0.1, 0.15) is 117 Å². The summed E-state index contributed by atoms with van der Waals surface area (Å²) < 4.78 is 0. The van der Waals surface area contributed by atoms with Crippen molar-refractivity contribution in [3.05, 3.63) is 10.1 Å². The van der Waals surface area contributed by atoms with Crippen LogP contribution in [-0.2, 0) is 19.2 Å². The van der Waals surface area contributed by atoms with Crippen LogP contribution in [0.15, 0.2) is 5.10 Å². The van der Waals surface area contributed by atoms with Crippen molar-refractivity contribution in [1.82, 2.24) is 21.3 Å². The summed E-state index contributed by atoms with van der Waals surface area (Å²) in [6, 6.07) is 0.123. The SMILES string of the molecule is CCNC(=O)C(=O)[C@H](CC(C)C)NC(=O)[C@H](CCCN/C(N)=N/[N+](=O)[O-])NC(=O)C(CCCCCCCCC#N)C1CCCC1. The van der Waals surface area contributed by atoms with Gasteiger partial charge in [0.1, 0.15) is 11.1 Å². The van der Waals surface area contributed by atoms with Crippen LogP contribution in [-0.4, -0.2) is 59.7 Å². The number of nitro groups is 1. The molecule has 1 unspecified atom stereocenters. The van der Waals surface area contributed by atoms with Crippen LogP contribution in [0.3, 0.4) is 0 Å². The predicted octanol–water partition coefficient (Wildman–Crippen LogP) is 3.03. The van der Waals surface area contributed by atoms with Crippen molar-refractivity contribution in [1.29, 1.82) is 5.26 Å². The fourth-order valence-electron chi connectivity index (χ4n) is 5.79. The number of nitrogens with two attached hydrogens (primary N) is 1. The molecule has 14 nitrogen and oxygen atoms in total. The summed E-state index contributed by atoms with van der Waals surface area (Å²) in [6.07, 6.45) is 12.0. The maximum absolute atomic E-state index is 13.8. The molecule has 0 spiro atoms. The van der Waals surface area contributed by atoms with Crippen molar-refractivity contribution in [2.24, 2.45) is 28.6 Å². The zero-order chi connectivity index (χ0) is 33.6. The highest BCUT2D eigenvalue weighted by atomic mass is 16.7. The first-order chi connectivity index (χ1) is 21.5. The van der Waals surface area contributed by atoms with Crippen LogP contribution in [0.4, 0.5) is 0 Å². The summed E-state index contributed by atoms with van der Waals surface area (Å²) in [4.78, 5) is 63.1. The molecule has 0 aromatic rings. The summed E-state index contributed by atoms with van der Waals surface area (Å²) in [7, 11) is 0. The second kappa shape index (κ2) is 22.7. The number of likely N-dealkylation sites (N-methyl/N-ethyl adjacent to an activating group) is 1. The lowest BCUT2D eigenvalue weighted by molar-refractivity contribution is -0.485. The van der Waals surface area contributed by atoms with Gasteiger partial charge in [0.25, 0.3) is 11.9 Å². The van der Waals surface area contributed by atoms with Crippen molar-refractivity contribution in [2.75, 3.05) is 13.1 Å². The fraction of sp³-hybridized carbons (Fsp3) is 0.806. The van der Waals surface area contributed by atoms with Gasteiger partial charge in [-0.3, -0.25) is 19.2 Å². The number of amides is 3. The maximum atomic E-state index is 13.8. The summed E-state index contributed by atoms with van der Waals surface area (Å²) >= 11 is 0. The molecule has 1 aliphatic carbocycles. The van der Waals surface area contributed by atoms with E-state index in [4.69, 9.17) is 11.0 Å². The molecule has 6 N–H and O–H groups in total. The van der Waals surface area contributed by atoms with Gasteiger partial charge in [-0.1, -0.05) is 58.8 Å². The van der Waals surface area contributed by atoms with Crippen LogP contribution in [0.25, 0.3) is 0 Å². The van der Waals surface area contributed by atoms with Gasteiger partial charge in [0.2, 0.25) is 17.6 Å². The molecule has 254 valence electrons. The van der Waals surface area contributed by atoms with E-state index in [0.29, 0.717) is 19.3 Å². The lowest BCUT2D eigenvalue weighted by atomic mass is 9.85. The molecule has 1 saturated carbocycles. The number of rotatable bonds is 23. The van der Waals surface area contributed by atoms with E-state index in [1.807, 2.05) is 13.8 Å². The van der Waals surface area contributed by atoms with Crippen LogP contribution in [0.5, 0.6) is 0 Å². The monoisotopic (exact) mass is 634 g/mol. The Hall–Kier alpha value is -3.76. The molecule has 1 rings (SSSR count). The third kappa shape index (κ3) is 16.8. The number of carbonyl (C=O) groups excluding carboxylic acids is 4. The largest absolute Gasteiger partial charge is 0.365 e. The van der Waals surface area contributed by atoms with E-state index in [0.717, 1.165) is 64.2 Å². The molecule has 1 aliphatic rings. The number of nitriles is 1. The molecule has 45 heavy (non-hydrogen) atoms. The Bertz CT molecular complexity index is 1020. The zero-order valence-corrected chi connectivity index (χ0v) is 27.3. The van der Waals surface area contributed by atoms with Gasteiger partial charge in [-0.05, 0) is 63.7 Å². The molecule has 14 heteroatoms. The molecule has 0 radical (unpaired) electrons. The first kappa shape index (κ1) is 39.3. The van der Waals surface area contributed by atoms with E-state index >= 15 is 0 Å². The van der Waals surface area contributed by atoms with E-state index in [1.165, 1.54) is 0 Å².